The molecule has 0 spiro atoms. The minimum absolute atomic E-state index is 0.0105. The third-order valence-corrected chi connectivity index (χ3v) is 9.51. The molecule has 0 saturated carbocycles. The number of rotatable bonds is 6. The minimum Gasteiger partial charge on any atom is -0.279 e. The standard InChI is InChI=1S/C28H27F2N3O3S2/c1-18-12-19(2)16-32(15-18)38(35,36)23-10-8-21(9-11-23)27(34)33(17-20-6-4-3-5-7-20)28-31-26-24(30)13-22(29)14-25(26)37-28/h3-11,13-14,18-19H,12,15-17H2,1-2H3. The molecular formula is C28H27F2N3O3S2. The van der Waals surface area contributed by atoms with Crippen molar-refractivity contribution >= 4 is 42.6 Å². The quantitative estimate of drug-likeness (QED) is 0.289. The summed E-state index contributed by atoms with van der Waals surface area (Å²) < 4.78 is 56.5. The molecule has 0 aliphatic carbocycles. The van der Waals surface area contributed by atoms with Crippen LogP contribution in [0.2, 0.25) is 0 Å². The Balaban J connectivity index is 1.47. The zero-order chi connectivity index (χ0) is 27.0. The van der Waals surface area contributed by atoms with Gasteiger partial charge in [0.1, 0.15) is 11.3 Å². The van der Waals surface area contributed by atoms with Gasteiger partial charge in [0.25, 0.3) is 5.91 Å². The highest BCUT2D eigenvalue weighted by Gasteiger charge is 2.32. The molecule has 2 heterocycles. The molecule has 1 fully saturated rings. The minimum atomic E-state index is -3.70. The van der Waals surface area contributed by atoms with Gasteiger partial charge in [-0.05, 0) is 54.2 Å². The average Bonchev–Trinajstić information content (AvgIpc) is 3.31. The van der Waals surface area contributed by atoms with Crippen LogP contribution in [0.4, 0.5) is 13.9 Å². The number of amides is 1. The van der Waals surface area contributed by atoms with Gasteiger partial charge in [-0.3, -0.25) is 9.69 Å². The summed E-state index contributed by atoms with van der Waals surface area (Å²) in [5.41, 5.74) is 1.06. The van der Waals surface area contributed by atoms with Gasteiger partial charge in [0.05, 0.1) is 16.1 Å². The summed E-state index contributed by atoms with van der Waals surface area (Å²) >= 11 is 1.01. The van der Waals surface area contributed by atoms with Gasteiger partial charge >= 0.3 is 0 Å². The van der Waals surface area contributed by atoms with Crippen LogP contribution in [0.15, 0.2) is 71.6 Å². The number of hydrogen-bond donors (Lipinski definition) is 0. The van der Waals surface area contributed by atoms with Gasteiger partial charge in [-0.1, -0.05) is 55.5 Å². The largest absolute Gasteiger partial charge is 0.279 e. The molecule has 10 heteroatoms. The molecule has 1 aliphatic heterocycles. The van der Waals surface area contributed by atoms with Gasteiger partial charge < -0.3 is 0 Å². The first kappa shape index (κ1) is 26.4. The highest BCUT2D eigenvalue weighted by atomic mass is 32.2. The molecule has 0 radical (unpaired) electrons. The first-order valence-corrected chi connectivity index (χ1v) is 14.6. The smallest absolute Gasteiger partial charge is 0.260 e. The van der Waals surface area contributed by atoms with Crippen LogP contribution in [0.25, 0.3) is 10.2 Å². The number of hydrogen-bond acceptors (Lipinski definition) is 5. The van der Waals surface area contributed by atoms with Crippen LogP contribution in [0.3, 0.4) is 0 Å². The number of sulfonamides is 1. The maximum absolute atomic E-state index is 14.4. The topological polar surface area (TPSA) is 70.6 Å². The fourth-order valence-electron chi connectivity index (χ4n) is 4.93. The molecule has 1 aromatic heterocycles. The van der Waals surface area contributed by atoms with Crippen molar-refractivity contribution in [2.24, 2.45) is 11.8 Å². The van der Waals surface area contributed by atoms with E-state index in [9.17, 15) is 22.0 Å². The summed E-state index contributed by atoms with van der Waals surface area (Å²) in [4.78, 5) is 19.5. The van der Waals surface area contributed by atoms with Crippen molar-refractivity contribution in [3.8, 4) is 0 Å². The van der Waals surface area contributed by atoms with Crippen molar-refractivity contribution in [1.29, 1.82) is 0 Å². The lowest BCUT2D eigenvalue weighted by Crippen LogP contribution is -2.42. The molecule has 4 aromatic rings. The van der Waals surface area contributed by atoms with E-state index in [1.807, 2.05) is 44.2 Å². The Hall–Kier alpha value is -3.21. The van der Waals surface area contributed by atoms with Gasteiger partial charge in [-0.15, -0.1) is 0 Å². The van der Waals surface area contributed by atoms with Crippen molar-refractivity contribution < 1.29 is 22.0 Å². The van der Waals surface area contributed by atoms with E-state index < -0.39 is 27.6 Å². The van der Waals surface area contributed by atoms with E-state index in [0.29, 0.717) is 13.1 Å². The summed E-state index contributed by atoms with van der Waals surface area (Å²) in [5.74, 6) is -1.41. The lowest BCUT2D eigenvalue weighted by molar-refractivity contribution is 0.0985. The number of carbonyl (C=O) groups is 1. The van der Waals surface area contributed by atoms with Gasteiger partial charge in [0, 0.05) is 24.7 Å². The number of piperidine rings is 1. The van der Waals surface area contributed by atoms with Crippen molar-refractivity contribution in [1.82, 2.24) is 9.29 Å². The lowest BCUT2D eigenvalue weighted by Gasteiger charge is -2.34. The van der Waals surface area contributed by atoms with Crippen LogP contribution in [0.5, 0.6) is 0 Å². The van der Waals surface area contributed by atoms with Gasteiger partial charge in [-0.25, -0.2) is 22.2 Å². The van der Waals surface area contributed by atoms with Crippen LogP contribution in [-0.2, 0) is 16.6 Å². The second-order valence-electron chi connectivity index (χ2n) is 9.90. The Morgan fingerprint density at radius 3 is 2.34 bits per heavy atom. The fraction of sp³-hybridized carbons (Fsp3) is 0.286. The number of thiazole rings is 1. The van der Waals surface area contributed by atoms with Crippen LogP contribution in [-0.4, -0.2) is 36.7 Å². The molecular weight excluding hydrogens is 528 g/mol. The van der Waals surface area contributed by atoms with E-state index in [1.54, 1.807) is 0 Å². The maximum Gasteiger partial charge on any atom is 0.260 e. The van der Waals surface area contributed by atoms with Crippen molar-refractivity contribution in [2.45, 2.75) is 31.7 Å². The van der Waals surface area contributed by atoms with E-state index in [-0.39, 0.29) is 44.2 Å². The second kappa shape index (κ2) is 10.5. The van der Waals surface area contributed by atoms with E-state index in [2.05, 4.69) is 4.98 Å². The zero-order valence-corrected chi connectivity index (χ0v) is 22.6. The van der Waals surface area contributed by atoms with Crippen molar-refractivity contribution in [2.75, 3.05) is 18.0 Å². The normalized spacial score (nSPS) is 18.5. The summed E-state index contributed by atoms with van der Waals surface area (Å²) in [6, 6.07) is 17.0. The molecule has 1 amide bonds. The predicted octanol–water partition coefficient (Wildman–Crippen LogP) is 6.09. The highest BCUT2D eigenvalue weighted by molar-refractivity contribution is 7.89. The molecule has 198 valence electrons. The molecule has 0 bridgehead atoms. The second-order valence-corrected chi connectivity index (χ2v) is 12.8. The van der Waals surface area contributed by atoms with Crippen LogP contribution >= 0.6 is 11.3 Å². The SMILES string of the molecule is CC1CC(C)CN(S(=O)(=O)c2ccc(C(=O)N(Cc3ccccc3)c3nc4c(F)cc(F)cc4s3)cc2)C1. The molecule has 5 rings (SSSR count). The molecule has 2 unspecified atom stereocenters. The molecule has 1 aliphatic rings. The Morgan fingerprint density at radius 1 is 1.03 bits per heavy atom. The number of halogens is 2. The van der Waals surface area contributed by atoms with Crippen molar-refractivity contribution in [3.05, 3.63) is 89.5 Å². The number of benzene rings is 3. The Bertz CT molecular complexity index is 1560. The zero-order valence-electron chi connectivity index (χ0n) is 21.0. The van der Waals surface area contributed by atoms with E-state index in [1.165, 1.54) is 39.5 Å². The van der Waals surface area contributed by atoms with Crippen LogP contribution in [0.1, 0.15) is 36.2 Å². The third-order valence-electron chi connectivity index (χ3n) is 6.64. The monoisotopic (exact) mass is 555 g/mol. The van der Waals surface area contributed by atoms with Crippen LogP contribution < -0.4 is 4.90 Å². The number of aromatic nitrogens is 1. The van der Waals surface area contributed by atoms with Gasteiger partial charge in [0.2, 0.25) is 10.0 Å². The van der Waals surface area contributed by atoms with Crippen LogP contribution in [0, 0.1) is 23.5 Å². The maximum atomic E-state index is 14.4. The highest BCUT2D eigenvalue weighted by Crippen LogP contribution is 2.33. The first-order valence-electron chi connectivity index (χ1n) is 12.3. The van der Waals surface area contributed by atoms with Gasteiger partial charge in [-0.2, -0.15) is 4.31 Å². The molecule has 1 saturated heterocycles. The Morgan fingerprint density at radius 2 is 1.68 bits per heavy atom. The van der Waals surface area contributed by atoms with E-state index in [0.717, 1.165) is 29.4 Å². The third kappa shape index (κ3) is 5.34. The van der Waals surface area contributed by atoms with Gasteiger partial charge in [0.15, 0.2) is 10.9 Å². The molecule has 38 heavy (non-hydrogen) atoms. The number of fused-ring (bicyclic) bond motifs is 1. The lowest BCUT2D eigenvalue weighted by atomic mass is 9.94. The molecule has 3 aromatic carbocycles. The average molecular weight is 556 g/mol. The summed E-state index contributed by atoms with van der Waals surface area (Å²) in [6.07, 6.45) is 0.985. The number of carbonyl (C=O) groups excluding carboxylic acids is 1. The number of anilines is 1. The predicted molar refractivity (Wildman–Crippen MR) is 145 cm³/mol. The Kier molecular flexibility index (Phi) is 7.30. The first-order chi connectivity index (χ1) is 18.1. The van der Waals surface area contributed by atoms with E-state index in [4.69, 9.17) is 0 Å². The van der Waals surface area contributed by atoms with Crippen molar-refractivity contribution in [3.63, 3.8) is 0 Å². The molecule has 0 N–H and O–H groups in total. The molecule has 6 nitrogen and oxygen atoms in total. The summed E-state index contributed by atoms with van der Waals surface area (Å²) in [5, 5.41) is 0.214. The number of nitrogens with zero attached hydrogens (tertiary/aromatic N) is 3. The Labute approximate surface area is 224 Å². The fourth-order valence-corrected chi connectivity index (χ4v) is 7.61. The summed E-state index contributed by atoms with van der Waals surface area (Å²) in [7, 11) is -3.70. The molecule has 2 atom stereocenters. The summed E-state index contributed by atoms with van der Waals surface area (Å²) in [6.45, 7) is 5.17. The van der Waals surface area contributed by atoms with E-state index >= 15 is 0 Å².